The summed E-state index contributed by atoms with van der Waals surface area (Å²) in [5.41, 5.74) is 2.82. The zero-order chi connectivity index (χ0) is 20.1. The van der Waals surface area contributed by atoms with Crippen LogP contribution in [0.1, 0.15) is 6.92 Å². The van der Waals surface area contributed by atoms with E-state index in [-0.39, 0.29) is 17.9 Å². The van der Waals surface area contributed by atoms with Crippen LogP contribution >= 0.6 is 23.8 Å². The molecule has 0 atom stereocenters. The number of hydrogen-bond acceptors (Lipinski definition) is 6. The van der Waals surface area contributed by atoms with Gasteiger partial charge in [0.15, 0.2) is 0 Å². The van der Waals surface area contributed by atoms with Gasteiger partial charge in [-0.1, -0.05) is 23.7 Å². The average Bonchev–Trinajstić information content (AvgIpc) is 2.70. The molecule has 1 aromatic heterocycles. The predicted octanol–water partition coefficient (Wildman–Crippen LogP) is 4.57. The number of nitrogens with zero attached hydrogens (tertiary/aromatic N) is 3. The second-order valence-electron chi connectivity index (χ2n) is 5.79. The third-order valence-electron chi connectivity index (χ3n) is 3.94. The molecule has 144 valence electrons. The lowest BCUT2D eigenvalue weighted by Gasteiger charge is -2.13. The minimum Gasteiger partial charge on any atom is -0.497 e. The molecule has 0 saturated carbocycles. The number of methoxy groups -OCH3 is 1. The van der Waals surface area contributed by atoms with Crippen LogP contribution in [0.4, 0.5) is 0 Å². The first-order valence-electron chi connectivity index (χ1n) is 8.57. The molecule has 28 heavy (non-hydrogen) atoms. The summed E-state index contributed by atoms with van der Waals surface area (Å²) in [5.74, 6) is 0.303. The van der Waals surface area contributed by atoms with Crippen LogP contribution in [0.2, 0.25) is 5.02 Å². The first-order valence-corrected chi connectivity index (χ1v) is 9.35. The van der Waals surface area contributed by atoms with Crippen molar-refractivity contribution in [1.82, 2.24) is 14.8 Å². The summed E-state index contributed by atoms with van der Waals surface area (Å²) in [5, 5.41) is 5.21. The summed E-state index contributed by atoms with van der Waals surface area (Å²) < 4.78 is 11.8. The molecule has 3 rings (SSSR count). The van der Waals surface area contributed by atoms with Crippen molar-refractivity contribution in [2.45, 2.75) is 13.5 Å². The molecule has 6 nitrogen and oxygen atoms in total. The third kappa shape index (κ3) is 4.55. The van der Waals surface area contributed by atoms with Gasteiger partial charge < -0.3 is 9.47 Å². The summed E-state index contributed by atoms with van der Waals surface area (Å²) in [4.78, 5) is 16.4. The van der Waals surface area contributed by atoms with E-state index in [0.29, 0.717) is 16.4 Å². The Hall–Kier alpha value is -2.77. The van der Waals surface area contributed by atoms with E-state index in [1.165, 1.54) is 4.68 Å². The zero-order valence-electron chi connectivity index (χ0n) is 15.4. The molecule has 0 bridgehead atoms. The van der Waals surface area contributed by atoms with Gasteiger partial charge in [-0.25, -0.2) is 9.67 Å². The monoisotopic (exact) mass is 415 g/mol. The van der Waals surface area contributed by atoms with E-state index >= 15 is 0 Å². The van der Waals surface area contributed by atoms with Crippen LogP contribution < -0.4 is 4.74 Å². The number of aromatic nitrogens is 3. The molecule has 0 spiro atoms. The Morgan fingerprint density at radius 2 is 1.68 bits per heavy atom. The van der Waals surface area contributed by atoms with Crippen LogP contribution in [0.15, 0.2) is 48.5 Å². The molecule has 1 heterocycles. The van der Waals surface area contributed by atoms with E-state index in [1.54, 1.807) is 26.2 Å². The molecule has 0 fully saturated rings. The highest BCUT2D eigenvalue weighted by Gasteiger charge is 2.15. The van der Waals surface area contributed by atoms with Crippen molar-refractivity contribution >= 4 is 29.8 Å². The molecule has 0 N–H and O–H groups in total. The maximum absolute atomic E-state index is 11.9. The van der Waals surface area contributed by atoms with E-state index < -0.39 is 5.97 Å². The number of carbonyl (C=O) groups excluding carboxylic acids is 1. The average molecular weight is 416 g/mol. The lowest BCUT2D eigenvalue weighted by Crippen LogP contribution is -2.18. The van der Waals surface area contributed by atoms with Crippen molar-refractivity contribution in [1.29, 1.82) is 0 Å². The summed E-state index contributed by atoms with van der Waals surface area (Å²) in [6, 6.07) is 14.7. The Labute approximate surface area is 172 Å². The molecule has 0 radical (unpaired) electrons. The number of ether oxygens (including phenoxy) is 2. The fourth-order valence-electron chi connectivity index (χ4n) is 2.60. The maximum Gasteiger partial charge on any atom is 0.327 e. The van der Waals surface area contributed by atoms with Crippen LogP contribution in [-0.2, 0) is 16.1 Å². The first kappa shape index (κ1) is 20.0. The molecule has 3 aromatic rings. The van der Waals surface area contributed by atoms with Gasteiger partial charge in [-0.05, 0) is 55.5 Å². The van der Waals surface area contributed by atoms with Gasteiger partial charge in [0.1, 0.15) is 23.7 Å². The molecule has 0 amide bonds. The van der Waals surface area contributed by atoms with Gasteiger partial charge in [0.2, 0.25) is 4.77 Å². The first-order chi connectivity index (χ1) is 13.5. The number of benzene rings is 2. The minimum absolute atomic E-state index is 0.107. The SMILES string of the molecule is CCOC(=O)Cn1nc(-c2ccc(OC)cc2)c(-c2ccc(Cl)cc2)nc1=S. The molecule has 0 aliphatic heterocycles. The summed E-state index contributed by atoms with van der Waals surface area (Å²) >= 11 is 11.4. The number of rotatable bonds is 6. The van der Waals surface area contributed by atoms with Gasteiger partial charge in [0, 0.05) is 16.1 Å². The van der Waals surface area contributed by atoms with Gasteiger partial charge in [0.25, 0.3) is 0 Å². The van der Waals surface area contributed by atoms with Gasteiger partial charge in [-0.15, -0.1) is 0 Å². The van der Waals surface area contributed by atoms with Gasteiger partial charge in [-0.2, -0.15) is 5.10 Å². The number of hydrogen-bond donors (Lipinski definition) is 0. The molecule has 0 aliphatic carbocycles. The fourth-order valence-corrected chi connectivity index (χ4v) is 2.92. The lowest BCUT2D eigenvalue weighted by molar-refractivity contribution is -0.144. The third-order valence-corrected chi connectivity index (χ3v) is 4.49. The zero-order valence-corrected chi connectivity index (χ0v) is 17.0. The van der Waals surface area contributed by atoms with Crippen molar-refractivity contribution in [3.8, 4) is 28.3 Å². The Morgan fingerprint density at radius 3 is 2.29 bits per heavy atom. The highest BCUT2D eigenvalue weighted by Crippen LogP contribution is 2.30. The fraction of sp³-hybridized carbons (Fsp3) is 0.200. The predicted molar refractivity (Wildman–Crippen MR) is 110 cm³/mol. The van der Waals surface area contributed by atoms with Crippen molar-refractivity contribution < 1.29 is 14.3 Å². The highest BCUT2D eigenvalue weighted by atomic mass is 35.5. The van der Waals surface area contributed by atoms with E-state index in [0.717, 1.165) is 16.9 Å². The summed E-state index contributed by atoms with van der Waals surface area (Å²) in [7, 11) is 1.60. The van der Waals surface area contributed by atoms with Gasteiger partial charge >= 0.3 is 5.97 Å². The Balaban J connectivity index is 2.14. The van der Waals surface area contributed by atoms with Crippen LogP contribution in [0.25, 0.3) is 22.5 Å². The molecule has 0 aliphatic rings. The Morgan fingerprint density at radius 1 is 1.07 bits per heavy atom. The highest BCUT2D eigenvalue weighted by molar-refractivity contribution is 7.71. The van der Waals surface area contributed by atoms with Crippen LogP contribution in [0.3, 0.4) is 0 Å². The van der Waals surface area contributed by atoms with E-state index in [9.17, 15) is 4.79 Å². The largest absolute Gasteiger partial charge is 0.497 e. The molecule has 2 aromatic carbocycles. The molecular weight excluding hydrogens is 398 g/mol. The van der Waals surface area contributed by atoms with Crippen LogP contribution in [0.5, 0.6) is 5.75 Å². The van der Waals surface area contributed by atoms with E-state index in [1.807, 2.05) is 36.4 Å². The molecule has 0 unspecified atom stereocenters. The van der Waals surface area contributed by atoms with Gasteiger partial charge in [0.05, 0.1) is 13.7 Å². The smallest absolute Gasteiger partial charge is 0.327 e. The van der Waals surface area contributed by atoms with E-state index in [4.69, 9.17) is 33.3 Å². The van der Waals surface area contributed by atoms with Crippen LogP contribution in [0, 0.1) is 4.77 Å². The second kappa shape index (κ2) is 8.95. The number of esters is 1. The number of carbonyl (C=O) groups is 1. The quantitative estimate of drug-likeness (QED) is 0.434. The number of halogens is 1. The van der Waals surface area contributed by atoms with Crippen molar-refractivity contribution in [3.05, 3.63) is 58.3 Å². The Kier molecular flexibility index (Phi) is 6.38. The van der Waals surface area contributed by atoms with Crippen molar-refractivity contribution in [2.75, 3.05) is 13.7 Å². The standard InChI is InChI=1S/C20H18ClN3O3S/c1-3-27-17(25)12-24-20(28)22-18(13-4-8-15(21)9-5-13)19(23-24)14-6-10-16(26-2)11-7-14/h4-11H,3,12H2,1-2H3. The molecular formula is C20H18ClN3O3S. The topological polar surface area (TPSA) is 66.2 Å². The normalized spacial score (nSPS) is 10.5. The minimum atomic E-state index is -0.423. The summed E-state index contributed by atoms with van der Waals surface area (Å²) in [6.45, 7) is 1.92. The van der Waals surface area contributed by atoms with Crippen molar-refractivity contribution in [3.63, 3.8) is 0 Å². The molecule has 8 heteroatoms. The maximum atomic E-state index is 11.9. The van der Waals surface area contributed by atoms with Crippen molar-refractivity contribution in [2.24, 2.45) is 0 Å². The van der Waals surface area contributed by atoms with Gasteiger partial charge in [-0.3, -0.25) is 4.79 Å². The van der Waals surface area contributed by atoms with E-state index in [2.05, 4.69) is 10.1 Å². The molecule has 0 saturated heterocycles. The summed E-state index contributed by atoms with van der Waals surface area (Å²) in [6.07, 6.45) is 0. The lowest BCUT2D eigenvalue weighted by atomic mass is 10.0. The second-order valence-corrected chi connectivity index (χ2v) is 6.59. The Bertz CT molecular complexity index is 1030. The van der Waals surface area contributed by atoms with Crippen LogP contribution in [-0.4, -0.2) is 34.5 Å².